The molecular weight excluding hydrogens is 269 g/mol. The summed E-state index contributed by atoms with van der Waals surface area (Å²) in [4.78, 5) is 13.2. The van der Waals surface area contributed by atoms with Crippen LogP contribution in [0.3, 0.4) is 0 Å². The van der Waals surface area contributed by atoms with Crippen molar-refractivity contribution in [1.82, 2.24) is 4.98 Å². The molecule has 2 nitrogen and oxygen atoms in total. The summed E-state index contributed by atoms with van der Waals surface area (Å²) < 4.78 is 63.7. The van der Waals surface area contributed by atoms with E-state index in [1.54, 1.807) is 0 Å². The summed E-state index contributed by atoms with van der Waals surface area (Å²) in [6.07, 6.45) is -4.72. The smallest absolute Gasteiger partial charge is 0.322 e. The number of H-pyrrole nitrogens is 1. The molecule has 0 aliphatic rings. The standard InChI is InChI=1S/C12H6F5NO/c13-7-1-2-8(9(14)5-7)10-3-6(12(15,16)17)4-11(19)18-10/h1-5H,(H,18,19). The van der Waals surface area contributed by atoms with Gasteiger partial charge < -0.3 is 4.98 Å². The quantitative estimate of drug-likeness (QED) is 0.795. The predicted octanol–water partition coefficient (Wildman–Crippen LogP) is 3.34. The van der Waals surface area contributed by atoms with Crippen molar-refractivity contribution in [3.8, 4) is 11.3 Å². The molecule has 0 radical (unpaired) electrons. The van der Waals surface area contributed by atoms with Crippen molar-refractivity contribution < 1.29 is 22.0 Å². The molecular formula is C12H6F5NO. The molecule has 0 bridgehead atoms. The summed E-state index contributed by atoms with van der Waals surface area (Å²) in [5.41, 5.74) is -2.90. The Morgan fingerprint density at radius 1 is 1.00 bits per heavy atom. The van der Waals surface area contributed by atoms with Crippen LogP contribution in [-0.4, -0.2) is 4.98 Å². The van der Waals surface area contributed by atoms with Gasteiger partial charge in [-0.05, 0) is 18.2 Å². The average molecular weight is 275 g/mol. The lowest BCUT2D eigenvalue weighted by atomic mass is 10.1. The van der Waals surface area contributed by atoms with E-state index < -0.39 is 28.9 Å². The molecule has 0 atom stereocenters. The molecule has 2 rings (SSSR count). The first-order valence-electron chi connectivity index (χ1n) is 5.04. The Hall–Kier alpha value is -2.18. The maximum absolute atomic E-state index is 13.5. The fraction of sp³-hybridized carbons (Fsp3) is 0.0833. The molecule has 100 valence electrons. The van der Waals surface area contributed by atoms with E-state index in [1.807, 2.05) is 0 Å². The van der Waals surface area contributed by atoms with Crippen molar-refractivity contribution in [2.24, 2.45) is 0 Å². The summed E-state index contributed by atoms with van der Waals surface area (Å²) in [5, 5.41) is 0. The van der Waals surface area contributed by atoms with E-state index in [1.165, 1.54) is 0 Å². The van der Waals surface area contributed by atoms with E-state index in [2.05, 4.69) is 4.98 Å². The van der Waals surface area contributed by atoms with Crippen LogP contribution in [0.1, 0.15) is 5.56 Å². The monoisotopic (exact) mass is 275 g/mol. The number of hydrogen-bond acceptors (Lipinski definition) is 1. The number of aromatic amines is 1. The van der Waals surface area contributed by atoms with Crippen LogP contribution in [0.5, 0.6) is 0 Å². The van der Waals surface area contributed by atoms with Crippen LogP contribution in [-0.2, 0) is 6.18 Å². The second-order valence-electron chi connectivity index (χ2n) is 3.77. The van der Waals surface area contributed by atoms with Gasteiger partial charge in [0.25, 0.3) is 0 Å². The van der Waals surface area contributed by atoms with Gasteiger partial charge in [-0.25, -0.2) is 8.78 Å². The van der Waals surface area contributed by atoms with E-state index >= 15 is 0 Å². The first-order valence-corrected chi connectivity index (χ1v) is 5.04. The lowest BCUT2D eigenvalue weighted by Gasteiger charge is -2.09. The molecule has 2 aromatic rings. The van der Waals surface area contributed by atoms with Crippen LogP contribution in [0.25, 0.3) is 11.3 Å². The highest BCUT2D eigenvalue weighted by atomic mass is 19.4. The van der Waals surface area contributed by atoms with Crippen molar-refractivity contribution >= 4 is 0 Å². The molecule has 0 unspecified atom stereocenters. The summed E-state index contributed by atoms with van der Waals surface area (Å²) in [6.45, 7) is 0. The highest BCUT2D eigenvalue weighted by Crippen LogP contribution is 2.31. The number of alkyl halides is 3. The molecule has 1 aromatic heterocycles. The van der Waals surface area contributed by atoms with E-state index in [0.29, 0.717) is 18.2 Å². The molecule has 0 aliphatic heterocycles. The zero-order valence-electron chi connectivity index (χ0n) is 9.18. The zero-order valence-corrected chi connectivity index (χ0v) is 9.18. The minimum atomic E-state index is -4.72. The van der Waals surface area contributed by atoms with Crippen LogP contribution in [0, 0.1) is 11.6 Å². The molecule has 0 spiro atoms. The first kappa shape index (κ1) is 13.3. The van der Waals surface area contributed by atoms with Gasteiger partial charge in [-0.1, -0.05) is 0 Å². The van der Waals surface area contributed by atoms with Gasteiger partial charge in [0.15, 0.2) is 0 Å². The van der Waals surface area contributed by atoms with Crippen molar-refractivity contribution in [1.29, 1.82) is 0 Å². The van der Waals surface area contributed by atoms with Gasteiger partial charge >= 0.3 is 6.18 Å². The molecule has 0 fully saturated rings. The summed E-state index contributed by atoms with van der Waals surface area (Å²) in [7, 11) is 0. The average Bonchev–Trinajstić information content (AvgIpc) is 2.26. The molecule has 0 aliphatic carbocycles. The molecule has 0 saturated heterocycles. The Labute approximate surface area is 103 Å². The highest BCUT2D eigenvalue weighted by molar-refractivity contribution is 5.60. The fourth-order valence-corrected chi connectivity index (χ4v) is 1.56. The normalized spacial score (nSPS) is 11.6. The lowest BCUT2D eigenvalue weighted by Crippen LogP contribution is -2.14. The van der Waals surface area contributed by atoms with Gasteiger partial charge in [-0.2, -0.15) is 13.2 Å². The zero-order chi connectivity index (χ0) is 14.2. The predicted molar refractivity (Wildman–Crippen MR) is 57.4 cm³/mol. The number of benzene rings is 1. The first-order chi connectivity index (χ1) is 8.77. The molecule has 19 heavy (non-hydrogen) atoms. The van der Waals surface area contributed by atoms with Gasteiger partial charge in [0.1, 0.15) is 11.6 Å². The summed E-state index contributed by atoms with van der Waals surface area (Å²) >= 11 is 0. The minimum Gasteiger partial charge on any atom is -0.322 e. The van der Waals surface area contributed by atoms with Crippen LogP contribution in [0.15, 0.2) is 35.1 Å². The maximum atomic E-state index is 13.5. The number of halogens is 5. The number of nitrogens with one attached hydrogen (secondary N) is 1. The molecule has 7 heteroatoms. The third kappa shape index (κ3) is 2.81. The van der Waals surface area contributed by atoms with Crippen LogP contribution in [0.4, 0.5) is 22.0 Å². The number of hydrogen-bond donors (Lipinski definition) is 1. The second-order valence-corrected chi connectivity index (χ2v) is 3.77. The Bertz CT molecular complexity index is 675. The van der Waals surface area contributed by atoms with E-state index in [9.17, 15) is 26.7 Å². The fourth-order valence-electron chi connectivity index (χ4n) is 1.56. The van der Waals surface area contributed by atoms with Crippen molar-refractivity contribution in [3.05, 3.63) is 57.9 Å². The van der Waals surface area contributed by atoms with Crippen molar-refractivity contribution in [2.45, 2.75) is 6.18 Å². The topological polar surface area (TPSA) is 32.9 Å². The van der Waals surface area contributed by atoms with Gasteiger partial charge in [0.05, 0.1) is 11.3 Å². The van der Waals surface area contributed by atoms with E-state index in [4.69, 9.17) is 0 Å². The number of rotatable bonds is 1. The van der Waals surface area contributed by atoms with Crippen molar-refractivity contribution in [3.63, 3.8) is 0 Å². The van der Waals surface area contributed by atoms with Gasteiger partial charge in [-0.3, -0.25) is 4.79 Å². The number of aromatic nitrogens is 1. The number of pyridine rings is 1. The Morgan fingerprint density at radius 3 is 2.26 bits per heavy atom. The molecule has 1 N–H and O–H groups in total. The Balaban J connectivity index is 2.63. The lowest BCUT2D eigenvalue weighted by molar-refractivity contribution is -0.137. The Kier molecular flexibility index (Phi) is 3.13. The van der Waals surface area contributed by atoms with Gasteiger partial charge in [0, 0.05) is 17.7 Å². The second kappa shape index (κ2) is 4.49. The maximum Gasteiger partial charge on any atom is 0.416 e. The highest BCUT2D eigenvalue weighted by Gasteiger charge is 2.31. The third-order valence-corrected chi connectivity index (χ3v) is 2.39. The van der Waals surface area contributed by atoms with Crippen LogP contribution >= 0.6 is 0 Å². The summed E-state index contributed by atoms with van der Waals surface area (Å²) in [6, 6.07) is 3.32. The van der Waals surface area contributed by atoms with E-state index in [-0.39, 0.29) is 11.3 Å². The summed E-state index contributed by atoms with van der Waals surface area (Å²) in [5.74, 6) is -1.93. The molecule has 1 aromatic carbocycles. The SMILES string of the molecule is O=c1cc(C(F)(F)F)cc(-c2ccc(F)cc2F)[nH]1. The van der Waals surface area contributed by atoms with Gasteiger partial charge in [0.2, 0.25) is 5.56 Å². The molecule has 0 amide bonds. The van der Waals surface area contributed by atoms with Crippen LogP contribution in [0.2, 0.25) is 0 Å². The Morgan fingerprint density at radius 2 is 1.68 bits per heavy atom. The van der Waals surface area contributed by atoms with Crippen molar-refractivity contribution in [2.75, 3.05) is 0 Å². The van der Waals surface area contributed by atoms with E-state index in [0.717, 1.165) is 12.1 Å². The molecule has 0 saturated carbocycles. The third-order valence-electron chi connectivity index (χ3n) is 2.39. The largest absolute Gasteiger partial charge is 0.416 e. The van der Waals surface area contributed by atoms with Gasteiger partial charge in [-0.15, -0.1) is 0 Å². The minimum absolute atomic E-state index is 0.315. The molecule has 1 heterocycles. The van der Waals surface area contributed by atoms with Crippen LogP contribution < -0.4 is 5.56 Å².